The van der Waals surface area contributed by atoms with Crippen molar-refractivity contribution in [2.75, 3.05) is 39.8 Å². The standard InChI is InChI=1S/C23H40N6O2/c1-15-12-28(23(31)17-4-5-17)22-10-18(6-7-21(22)29(15)16(2)30)19-11-25-27(13-19)14-20-8-9-24-26(20)3/h15,17-22,24-25H,4-14H2,1-3H3/t15-,18?,19?,20?,21?,22?/m0/s1. The molecule has 0 aromatic heterocycles. The van der Waals surface area contributed by atoms with Crippen molar-refractivity contribution in [1.29, 1.82) is 0 Å². The zero-order valence-corrected chi connectivity index (χ0v) is 19.4. The van der Waals surface area contributed by atoms with Crippen molar-refractivity contribution in [2.45, 2.75) is 76.5 Å². The first-order valence-corrected chi connectivity index (χ1v) is 12.5. The molecule has 6 atom stereocenters. The molecule has 8 heteroatoms. The molecule has 0 bridgehead atoms. The number of hydrazine groups is 2. The molecule has 5 unspecified atom stereocenters. The van der Waals surface area contributed by atoms with Crippen LogP contribution in [-0.2, 0) is 9.59 Å². The molecule has 3 heterocycles. The van der Waals surface area contributed by atoms with Gasteiger partial charge in [-0.2, -0.15) is 0 Å². The Balaban J connectivity index is 1.25. The van der Waals surface area contributed by atoms with Crippen LogP contribution in [0.5, 0.6) is 0 Å². The highest BCUT2D eigenvalue weighted by atomic mass is 16.2. The van der Waals surface area contributed by atoms with Crippen LogP contribution in [0.4, 0.5) is 0 Å². The molecule has 174 valence electrons. The lowest BCUT2D eigenvalue weighted by molar-refractivity contribution is -0.155. The predicted octanol–water partition coefficient (Wildman–Crippen LogP) is 0.658. The number of nitrogens with one attached hydrogen (secondary N) is 2. The van der Waals surface area contributed by atoms with Crippen LogP contribution in [0.25, 0.3) is 0 Å². The molecule has 0 aromatic carbocycles. The van der Waals surface area contributed by atoms with Crippen molar-refractivity contribution in [3.8, 4) is 0 Å². The maximum atomic E-state index is 13.1. The second kappa shape index (κ2) is 8.61. The lowest BCUT2D eigenvalue weighted by atomic mass is 9.73. The number of rotatable bonds is 4. The molecule has 3 saturated heterocycles. The molecule has 2 aliphatic carbocycles. The lowest BCUT2D eigenvalue weighted by Crippen LogP contribution is -2.67. The number of likely N-dealkylation sites (N-methyl/N-ethyl adjacent to an activating group) is 1. The summed E-state index contributed by atoms with van der Waals surface area (Å²) in [6.07, 6.45) is 6.53. The van der Waals surface area contributed by atoms with E-state index in [1.807, 2.05) is 0 Å². The molecule has 2 saturated carbocycles. The Labute approximate surface area is 186 Å². The molecule has 5 fully saturated rings. The van der Waals surface area contributed by atoms with Gasteiger partial charge in [0.15, 0.2) is 0 Å². The molecule has 8 nitrogen and oxygen atoms in total. The molecule has 0 spiro atoms. The van der Waals surface area contributed by atoms with Crippen molar-refractivity contribution in [2.24, 2.45) is 17.8 Å². The fraction of sp³-hybridized carbons (Fsp3) is 0.913. The van der Waals surface area contributed by atoms with Crippen LogP contribution in [0.2, 0.25) is 0 Å². The predicted molar refractivity (Wildman–Crippen MR) is 119 cm³/mol. The first-order valence-electron chi connectivity index (χ1n) is 12.5. The third-order valence-electron chi connectivity index (χ3n) is 8.60. The lowest BCUT2D eigenvalue weighted by Gasteiger charge is -2.54. The first-order chi connectivity index (χ1) is 14.9. The molecule has 2 amide bonds. The number of hydrogen-bond donors (Lipinski definition) is 2. The number of nitrogens with zero attached hydrogens (tertiary/aromatic N) is 4. The van der Waals surface area contributed by atoms with E-state index in [1.54, 1.807) is 6.92 Å². The smallest absolute Gasteiger partial charge is 0.226 e. The summed E-state index contributed by atoms with van der Waals surface area (Å²) in [4.78, 5) is 29.9. The van der Waals surface area contributed by atoms with Gasteiger partial charge in [0.2, 0.25) is 11.8 Å². The average Bonchev–Trinajstić information content (AvgIpc) is 3.37. The Bertz CT molecular complexity index is 700. The minimum absolute atomic E-state index is 0.124. The maximum Gasteiger partial charge on any atom is 0.226 e. The second-order valence-electron chi connectivity index (χ2n) is 10.7. The van der Waals surface area contributed by atoms with E-state index in [0.29, 0.717) is 30.3 Å². The number of amides is 2. The normalized spacial score (nSPS) is 39.7. The van der Waals surface area contributed by atoms with Crippen molar-refractivity contribution < 1.29 is 9.59 Å². The Morgan fingerprint density at radius 1 is 0.968 bits per heavy atom. The van der Waals surface area contributed by atoms with E-state index >= 15 is 0 Å². The van der Waals surface area contributed by atoms with E-state index in [0.717, 1.165) is 58.3 Å². The van der Waals surface area contributed by atoms with Gasteiger partial charge in [0.05, 0.1) is 12.1 Å². The highest BCUT2D eigenvalue weighted by molar-refractivity contribution is 5.82. The van der Waals surface area contributed by atoms with Gasteiger partial charge in [0.1, 0.15) is 0 Å². The van der Waals surface area contributed by atoms with Gasteiger partial charge in [-0.1, -0.05) is 0 Å². The maximum absolute atomic E-state index is 13.1. The monoisotopic (exact) mass is 432 g/mol. The van der Waals surface area contributed by atoms with Gasteiger partial charge in [-0.25, -0.2) is 10.0 Å². The first kappa shape index (κ1) is 21.6. The highest BCUT2D eigenvalue weighted by Crippen LogP contribution is 2.42. The van der Waals surface area contributed by atoms with Gasteiger partial charge < -0.3 is 9.80 Å². The van der Waals surface area contributed by atoms with Crippen LogP contribution in [0.3, 0.4) is 0 Å². The van der Waals surface area contributed by atoms with Crippen LogP contribution in [0, 0.1) is 17.8 Å². The summed E-state index contributed by atoms with van der Waals surface area (Å²) in [5.74, 6) is 2.02. The van der Waals surface area contributed by atoms with Crippen LogP contribution >= 0.6 is 0 Å². The van der Waals surface area contributed by atoms with Gasteiger partial charge in [0, 0.05) is 64.7 Å². The quantitative estimate of drug-likeness (QED) is 0.680. The summed E-state index contributed by atoms with van der Waals surface area (Å²) in [7, 11) is 2.14. The van der Waals surface area contributed by atoms with Gasteiger partial charge in [-0.15, -0.1) is 0 Å². The van der Waals surface area contributed by atoms with E-state index in [1.165, 1.54) is 6.42 Å². The number of hydrogen-bond acceptors (Lipinski definition) is 6. The summed E-state index contributed by atoms with van der Waals surface area (Å²) < 4.78 is 0. The minimum atomic E-state index is 0.124. The molecule has 5 rings (SSSR count). The summed E-state index contributed by atoms with van der Waals surface area (Å²) in [5.41, 5.74) is 7.06. The topological polar surface area (TPSA) is 71.2 Å². The van der Waals surface area contributed by atoms with Crippen molar-refractivity contribution in [3.63, 3.8) is 0 Å². The number of fused-ring (bicyclic) bond motifs is 1. The molecule has 2 N–H and O–H groups in total. The summed E-state index contributed by atoms with van der Waals surface area (Å²) in [6, 6.07) is 1.09. The minimum Gasteiger partial charge on any atom is -0.335 e. The van der Waals surface area contributed by atoms with Crippen LogP contribution < -0.4 is 10.9 Å². The zero-order chi connectivity index (χ0) is 21.7. The molecular formula is C23H40N6O2. The van der Waals surface area contributed by atoms with Crippen molar-refractivity contribution in [3.05, 3.63) is 0 Å². The second-order valence-corrected chi connectivity index (χ2v) is 10.7. The summed E-state index contributed by atoms with van der Waals surface area (Å²) in [6.45, 7) is 8.78. The van der Waals surface area contributed by atoms with Crippen LogP contribution in [0.1, 0.15) is 52.4 Å². The van der Waals surface area contributed by atoms with Gasteiger partial charge in [-0.3, -0.25) is 20.4 Å². The zero-order valence-electron chi connectivity index (χ0n) is 19.4. The Morgan fingerprint density at radius 3 is 2.45 bits per heavy atom. The van der Waals surface area contributed by atoms with E-state index < -0.39 is 0 Å². The fourth-order valence-electron chi connectivity index (χ4n) is 6.76. The SMILES string of the molecule is CC(=O)N1C2CCC(C3CNN(CC4CCNN4C)C3)CC2N(C(=O)C2CC2)C[C@@H]1C. The molecular weight excluding hydrogens is 392 g/mol. The molecule has 31 heavy (non-hydrogen) atoms. The Kier molecular flexibility index (Phi) is 6.01. The third kappa shape index (κ3) is 4.24. The van der Waals surface area contributed by atoms with Gasteiger partial charge in [0.25, 0.3) is 0 Å². The van der Waals surface area contributed by atoms with Crippen LogP contribution in [0.15, 0.2) is 0 Å². The molecule has 5 aliphatic rings. The van der Waals surface area contributed by atoms with E-state index in [-0.39, 0.29) is 30.0 Å². The van der Waals surface area contributed by atoms with E-state index in [2.05, 4.69) is 44.6 Å². The van der Waals surface area contributed by atoms with Crippen molar-refractivity contribution >= 4 is 11.8 Å². The Morgan fingerprint density at radius 2 is 1.77 bits per heavy atom. The molecule has 3 aliphatic heterocycles. The average molecular weight is 433 g/mol. The van der Waals surface area contributed by atoms with Gasteiger partial charge >= 0.3 is 0 Å². The number of piperazine rings is 1. The third-order valence-corrected chi connectivity index (χ3v) is 8.60. The molecule has 0 radical (unpaired) electrons. The highest BCUT2D eigenvalue weighted by Gasteiger charge is 2.49. The summed E-state index contributed by atoms with van der Waals surface area (Å²) >= 11 is 0. The van der Waals surface area contributed by atoms with E-state index in [9.17, 15) is 9.59 Å². The fourth-order valence-corrected chi connectivity index (χ4v) is 6.76. The summed E-state index contributed by atoms with van der Waals surface area (Å²) in [5, 5.41) is 4.67. The van der Waals surface area contributed by atoms with Crippen LogP contribution in [-0.4, -0.2) is 95.6 Å². The largest absolute Gasteiger partial charge is 0.335 e. The Hall–Kier alpha value is -1.22. The van der Waals surface area contributed by atoms with E-state index in [4.69, 9.17) is 0 Å². The number of carbonyl (C=O) groups excluding carboxylic acids is 2. The molecule has 0 aromatic rings. The number of carbonyl (C=O) groups is 2. The van der Waals surface area contributed by atoms with Gasteiger partial charge in [-0.05, 0) is 57.3 Å². The van der Waals surface area contributed by atoms with Crippen molar-refractivity contribution in [1.82, 2.24) is 30.7 Å².